The van der Waals surface area contributed by atoms with Crippen LogP contribution in [-0.4, -0.2) is 16.9 Å². The third-order valence-electron chi connectivity index (χ3n) is 1.17. The Kier molecular flexibility index (Phi) is 2.65. The number of nitrogens with two attached hydrogens (primary N) is 1. The van der Waals surface area contributed by atoms with Gasteiger partial charge in [0.2, 0.25) is 0 Å². The monoisotopic (exact) mass is 185 g/mol. The Bertz CT molecular complexity index is 282. The van der Waals surface area contributed by atoms with Crippen molar-refractivity contribution >= 4 is 22.4 Å². The second-order valence-electron chi connectivity index (χ2n) is 2.70. The molecule has 1 amide bonds. The fourth-order valence-corrected chi connectivity index (χ4v) is 1.55. The number of anilines is 1. The van der Waals surface area contributed by atoms with E-state index in [0.717, 1.165) is 5.13 Å². The van der Waals surface area contributed by atoms with E-state index in [4.69, 9.17) is 5.73 Å². The summed E-state index contributed by atoms with van der Waals surface area (Å²) in [6, 6.07) is 0.317. The van der Waals surface area contributed by atoms with Gasteiger partial charge in [-0.25, -0.2) is 4.98 Å². The molecular weight excluding hydrogens is 174 g/mol. The summed E-state index contributed by atoms with van der Waals surface area (Å²) in [6.07, 6.45) is 0. The molecule has 0 aliphatic rings. The topological polar surface area (TPSA) is 68.0 Å². The summed E-state index contributed by atoms with van der Waals surface area (Å²) in [5.74, 6) is -0.483. The average Bonchev–Trinajstić information content (AvgIpc) is 2.34. The Morgan fingerprint density at radius 1 is 1.75 bits per heavy atom. The maximum atomic E-state index is 10.6. The fourth-order valence-electron chi connectivity index (χ4n) is 0.700. The molecular formula is C7H11N3OS. The van der Waals surface area contributed by atoms with Gasteiger partial charge in [0.15, 0.2) is 5.13 Å². The molecule has 0 bridgehead atoms. The first-order chi connectivity index (χ1) is 5.59. The van der Waals surface area contributed by atoms with Gasteiger partial charge in [-0.1, -0.05) is 0 Å². The van der Waals surface area contributed by atoms with Crippen LogP contribution in [0.1, 0.15) is 24.3 Å². The number of aromatic nitrogens is 1. The summed E-state index contributed by atoms with van der Waals surface area (Å²) in [7, 11) is 0. The van der Waals surface area contributed by atoms with Crippen molar-refractivity contribution in [3.05, 3.63) is 11.1 Å². The van der Waals surface area contributed by atoms with E-state index in [1.165, 1.54) is 11.3 Å². The summed E-state index contributed by atoms with van der Waals surface area (Å²) in [5.41, 5.74) is 5.36. The van der Waals surface area contributed by atoms with Gasteiger partial charge in [0.05, 0.1) is 0 Å². The third kappa shape index (κ3) is 2.20. The predicted molar refractivity (Wildman–Crippen MR) is 49.4 cm³/mol. The molecule has 0 spiro atoms. The van der Waals surface area contributed by atoms with E-state index in [9.17, 15) is 4.79 Å². The number of nitrogens with one attached hydrogen (secondary N) is 1. The van der Waals surface area contributed by atoms with E-state index >= 15 is 0 Å². The van der Waals surface area contributed by atoms with Crippen molar-refractivity contribution < 1.29 is 4.79 Å². The van der Waals surface area contributed by atoms with Crippen LogP contribution in [0.4, 0.5) is 5.13 Å². The summed E-state index contributed by atoms with van der Waals surface area (Å²) in [5, 5.41) is 5.46. The van der Waals surface area contributed by atoms with E-state index in [1.807, 2.05) is 13.8 Å². The van der Waals surface area contributed by atoms with Crippen molar-refractivity contribution in [3.8, 4) is 0 Å². The molecule has 0 atom stereocenters. The standard InChI is InChI=1S/C7H11N3OS/c1-4(2)9-7-10-5(3-12-7)6(8)11/h3-4H,1-2H3,(H2,8,11)(H,9,10). The van der Waals surface area contributed by atoms with Crippen LogP contribution in [0, 0.1) is 0 Å². The van der Waals surface area contributed by atoms with E-state index in [1.54, 1.807) is 5.38 Å². The van der Waals surface area contributed by atoms with Gasteiger partial charge in [0.25, 0.3) is 5.91 Å². The van der Waals surface area contributed by atoms with Crippen LogP contribution in [-0.2, 0) is 0 Å². The smallest absolute Gasteiger partial charge is 0.268 e. The number of thiazole rings is 1. The summed E-state index contributed by atoms with van der Waals surface area (Å²) in [4.78, 5) is 14.6. The first-order valence-corrected chi connectivity index (χ1v) is 4.49. The first-order valence-electron chi connectivity index (χ1n) is 3.61. The van der Waals surface area contributed by atoms with Crippen molar-refractivity contribution in [2.75, 3.05) is 5.32 Å². The molecule has 1 heterocycles. The number of carbonyl (C=O) groups excluding carboxylic acids is 1. The Morgan fingerprint density at radius 2 is 2.42 bits per heavy atom. The van der Waals surface area contributed by atoms with Crippen molar-refractivity contribution in [2.24, 2.45) is 5.73 Å². The minimum atomic E-state index is -0.483. The second-order valence-corrected chi connectivity index (χ2v) is 3.56. The van der Waals surface area contributed by atoms with Gasteiger partial charge in [-0.15, -0.1) is 11.3 Å². The molecule has 1 rings (SSSR count). The number of hydrogen-bond acceptors (Lipinski definition) is 4. The molecule has 1 aromatic heterocycles. The highest BCUT2D eigenvalue weighted by molar-refractivity contribution is 7.13. The Balaban J connectivity index is 2.71. The maximum Gasteiger partial charge on any atom is 0.268 e. The summed E-state index contributed by atoms with van der Waals surface area (Å²) >= 11 is 1.38. The minimum absolute atomic E-state index is 0.317. The largest absolute Gasteiger partial charge is 0.364 e. The van der Waals surface area contributed by atoms with Gasteiger partial charge in [-0.3, -0.25) is 4.79 Å². The lowest BCUT2D eigenvalue weighted by Crippen LogP contribution is -2.13. The lowest BCUT2D eigenvalue weighted by Gasteiger charge is -2.03. The van der Waals surface area contributed by atoms with Gasteiger partial charge in [0, 0.05) is 11.4 Å². The van der Waals surface area contributed by atoms with Crippen LogP contribution in [0.3, 0.4) is 0 Å². The number of rotatable bonds is 3. The summed E-state index contributed by atoms with van der Waals surface area (Å²) < 4.78 is 0. The number of hydrogen-bond donors (Lipinski definition) is 2. The Labute approximate surface area is 74.8 Å². The molecule has 0 unspecified atom stereocenters. The fraction of sp³-hybridized carbons (Fsp3) is 0.429. The molecule has 4 nitrogen and oxygen atoms in total. The zero-order valence-corrected chi connectivity index (χ0v) is 7.81. The van der Waals surface area contributed by atoms with Crippen molar-refractivity contribution in [1.29, 1.82) is 0 Å². The van der Waals surface area contributed by atoms with Gasteiger partial charge in [-0.05, 0) is 13.8 Å². The molecule has 0 saturated carbocycles. The van der Waals surface area contributed by atoms with Crippen LogP contribution in [0.25, 0.3) is 0 Å². The Morgan fingerprint density at radius 3 is 2.83 bits per heavy atom. The molecule has 3 N–H and O–H groups in total. The first kappa shape index (κ1) is 8.99. The molecule has 5 heteroatoms. The molecule has 0 saturated heterocycles. The number of amides is 1. The van der Waals surface area contributed by atoms with Crippen molar-refractivity contribution in [2.45, 2.75) is 19.9 Å². The van der Waals surface area contributed by atoms with Crippen LogP contribution in [0.2, 0.25) is 0 Å². The Hall–Kier alpha value is -1.10. The quantitative estimate of drug-likeness (QED) is 0.740. The number of carbonyl (C=O) groups is 1. The van der Waals surface area contributed by atoms with Gasteiger partial charge < -0.3 is 11.1 Å². The van der Waals surface area contributed by atoms with Gasteiger partial charge >= 0.3 is 0 Å². The molecule has 1 aromatic rings. The molecule has 0 aliphatic carbocycles. The van der Waals surface area contributed by atoms with E-state index in [2.05, 4.69) is 10.3 Å². The molecule has 0 aliphatic heterocycles. The summed E-state index contributed by atoms with van der Waals surface area (Å²) in [6.45, 7) is 4.01. The van der Waals surface area contributed by atoms with E-state index < -0.39 is 5.91 Å². The lowest BCUT2D eigenvalue weighted by molar-refractivity contribution is 0.0996. The highest BCUT2D eigenvalue weighted by Crippen LogP contribution is 2.15. The maximum absolute atomic E-state index is 10.6. The predicted octanol–water partition coefficient (Wildman–Crippen LogP) is 1.06. The average molecular weight is 185 g/mol. The van der Waals surface area contributed by atoms with Crippen LogP contribution >= 0.6 is 11.3 Å². The molecule has 66 valence electrons. The zero-order valence-electron chi connectivity index (χ0n) is 7.00. The van der Waals surface area contributed by atoms with Crippen LogP contribution in [0.5, 0.6) is 0 Å². The highest BCUT2D eigenvalue weighted by Gasteiger charge is 2.06. The zero-order chi connectivity index (χ0) is 9.14. The van der Waals surface area contributed by atoms with Gasteiger partial charge in [0.1, 0.15) is 5.69 Å². The SMILES string of the molecule is CC(C)Nc1nc(C(N)=O)cs1. The number of primary amides is 1. The second kappa shape index (κ2) is 3.53. The van der Waals surface area contributed by atoms with Crippen LogP contribution < -0.4 is 11.1 Å². The molecule has 0 aromatic carbocycles. The highest BCUT2D eigenvalue weighted by atomic mass is 32.1. The van der Waals surface area contributed by atoms with Crippen molar-refractivity contribution in [3.63, 3.8) is 0 Å². The third-order valence-corrected chi connectivity index (χ3v) is 1.94. The van der Waals surface area contributed by atoms with E-state index in [-0.39, 0.29) is 0 Å². The molecule has 0 radical (unpaired) electrons. The lowest BCUT2D eigenvalue weighted by atomic mass is 10.4. The number of nitrogens with zero attached hydrogens (tertiary/aromatic N) is 1. The van der Waals surface area contributed by atoms with Crippen LogP contribution in [0.15, 0.2) is 5.38 Å². The van der Waals surface area contributed by atoms with Crippen molar-refractivity contribution in [1.82, 2.24) is 4.98 Å². The van der Waals surface area contributed by atoms with E-state index in [0.29, 0.717) is 11.7 Å². The molecule has 12 heavy (non-hydrogen) atoms. The molecule has 0 fully saturated rings. The van der Waals surface area contributed by atoms with Gasteiger partial charge in [-0.2, -0.15) is 0 Å². The minimum Gasteiger partial charge on any atom is -0.364 e. The normalized spacial score (nSPS) is 10.2.